The van der Waals surface area contributed by atoms with Crippen molar-refractivity contribution < 1.29 is 9.59 Å². The van der Waals surface area contributed by atoms with Gasteiger partial charge in [-0.1, -0.05) is 27.7 Å². The van der Waals surface area contributed by atoms with Crippen LogP contribution in [0.4, 0.5) is 0 Å². The zero-order valence-corrected chi connectivity index (χ0v) is 11.0. The molecule has 1 aliphatic rings. The second-order valence-corrected chi connectivity index (χ2v) is 5.66. The van der Waals surface area contributed by atoms with Crippen LogP contribution in [0.2, 0.25) is 0 Å². The van der Waals surface area contributed by atoms with E-state index in [0.717, 1.165) is 25.7 Å². The molecule has 1 rings (SSSR count). The number of hydrogen-bond donors (Lipinski definition) is 0. The first kappa shape index (κ1) is 13.4. The van der Waals surface area contributed by atoms with E-state index in [4.69, 9.17) is 0 Å². The van der Waals surface area contributed by atoms with Crippen molar-refractivity contribution in [2.45, 2.75) is 53.4 Å². The van der Waals surface area contributed by atoms with Gasteiger partial charge >= 0.3 is 0 Å². The summed E-state index contributed by atoms with van der Waals surface area (Å²) in [6.45, 7) is 7.86. The molecule has 0 N–H and O–H groups in total. The molecule has 0 heterocycles. The van der Waals surface area contributed by atoms with E-state index in [2.05, 4.69) is 0 Å². The second kappa shape index (κ2) is 5.60. The number of hydrogen-bond acceptors (Lipinski definition) is 2. The van der Waals surface area contributed by atoms with Gasteiger partial charge in [0.05, 0.1) is 0 Å². The molecule has 1 fully saturated rings. The van der Waals surface area contributed by atoms with E-state index in [1.807, 2.05) is 27.7 Å². The Hall–Kier alpha value is -0.660. The summed E-state index contributed by atoms with van der Waals surface area (Å²) in [5.74, 6) is 1.49. The highest BCUT2D eigenvalue weighted by Gasteiger charge is 2.31. The molecule has 0 spiro atoms. The van der Waals surface area contributed by atoms with E-state index in [0.29, 0.717) is 11.6 Å². The monoisotopic (exact) mass is 224 g/mol. The smallest absolute Gasteiger partial charge is 0.138 e. The van der Waals surface area contributed by atoms with Gasteiger partial charge < -0.3 is 0 Å². The third-order valence-electron chi connectivity index (χ3n) is 3.67. The molecule has 0 amide bonds. The SMILES string of the molecule is CC(C)C(=O)[C@H]1CC[C@@H](C(=O)C(C)C)CC1. The average Bonchev–Trinajstić information content (AvgIpc) is 2.27. The summed E-state index contributed by atoms with van der Waals surface area (Å²) >= 11 is 0. The van der Waals surface area contributed by atoms with Crippen LogP contribution in [0.15, 0.2) is 0 Å². The molecular formula is C14H24O2. The fourth-order valence-electron chi connectivity index (χ4n) is 2.61. The van der Waals surface area contributed by atoms with Gasteiger partial charge in [-0.2, -0.15) is 0 Å². The zero-order valence-electron chi connectivity index (χ0n) is 11.0. The summed E-state index contributed by atoms with van der Waals surface area (Å²) in [5.41, 5.74) is 0. The van der Waals surface area contributed by atoms with Crippen molar-refractivity contribution >= 4 is 11.6 Å². The molecule has 16 heavy (non-hydrogen) atoms. The predicted molar refractivity (Wildman–Crippen MR) is 65.1 cm³/mol. The van der Waals surface area contributed by atoms with Crippen LogP contribution >= 0.6 is 0 Å². The van der Waals surface area contributed by atoms with Crippen LogP contribution < -0.4 is 0 Å². The van der Waals surface area contributed by atoms with E-state index >= 15 is 0 Å². The van der Waals surface area contributed by atoms with Gasteiger partial charge in [0.2, 0.25) is 0 Å². The van der Waals surface area contributed by atoms with Crippen LogP contribution in [-0.2, 0) is 9.59 Å². The molecule has 2 heteroatoms. The van der Waals surface area contributed by atoms with E-state index in [9.17, 15) is 9.59 Å². The Bertz CT molecular complexity index is 230. The van der Waals surface area contributed by atoms with E-state index in [-0.39, 0.29) is 23.7 Å². The average molecular weight is 224 g/mol. The Balaban J connectivity index is 2.45. The predicted octanol–water partition coefficient (Wildman–Crippen LogP) is 3.24. The fourth-order valence-corrected chi connectivity index (χ4v) is 2.61. The van der Waals surface area contributed by atoms with Gasteiger partial charge in [-0.15, -0.1) is 0 Å². The minimum absolute atomic E-state index is 0.141. The lowest BCUT2D eigenvalue weighted by molar-refractivity contribution is -0.131. The third-order valence-corrected chi connectivity index (χ3v) is 3.67. The highest BCUT2D eigenvalue weighted by atomic mass is 16.1. The van der Waals surface area contributed by atoms with Crippen molar-refractivity contribution in [3.8, 4) is 0 Å². The maximum atomic E-state index is 11.8. The molecule has 0 aliphatic heterocycles. The van der Waals surface area contributed by atoms with Gasteiger partial charge in [0, 0.05) is 23.7 Å². The van der Waals surface area contributed by atoms with Gasteiger partial charge in [-0.25, -0.2) is 0 Å². The van der Waals surface area contributed by atoms with Crippen molar-refractivity contribution in [1.29, 1.82) is 0 Å². The lowest BCUT2D eigenvalue weighted by Crippen LogP contribution is -2.29. The summed E-state index contributed by atoms with van der Waals surface area (Å²) in [7, 11) is 0. The molecule has 92 valence electrons. The number of carbonyl (C=O) groups excluding carboxylic acids is 2. The second-order valence-electron chi connectivity index (χ2n) is 5.66. The molecule has 0 aromatic carbocycles. The van der Waals surface area contributed by atoms with Crippen molar-refractivity contribution in [3.63, 3.8) is 0 Å². The topological polar surface area (TPSA) is 34.1 Å². The standard InChI is InChI=1S/C14H24O2/c1-9(2)13(15)11-5-7-12(8-6-11)14(16)10(3)4/h9-12H,5-8H2,1-4H3/t11-,12+. The van der Waals surface area contributed by atoms with Crippen LogP contribution in [0.1, 0.15) is 53.4 Å². The molecule has 1 saturated carbocycles. The molecule has 0 bridgehead atoms. The Kier molecular flexibility index (Phi) is 4.69. The maximum Gasteiger partial charge on any atom is 0.138 e. The Morgan fingerprint density at radius 3 is 1.19 bits per heavy atom. The van der Waals surface area contributed by atoms with Crippen molar-refractivity contribution in [2.75, 3.05) is 0 Å². The minimum atomic E-state index is 0.141. The molecule has 0 saturated heterocycles. The zero-order chi connectivity index (χ0) is 12.3. The Morgan fingerprint density at radius 2 is 1.00 bits per heavy atom. The van der Waals surface area contributed by atoms with Crippen molar-refractivity contribution in [3.05, 3.63) is 0 Å². The van der Waals surface area contributed by atoms with E-state index in [1.165, 1.54) is 0 Å². The van der Waals surface area contributed by atoms with E-state index < -0.39 is 0 Å². The first-order chi connectivity index (χ1) is 7.43. The molecular weight excluding hydrogens is 200 g/mol. The van der Waals surface area contributed by atoms with Gasteiger partial charge in [0.1, 0.15) is 11.6 Å². The highest BCUT2D eigenvalue weighted by Crippen LogP contribution is 2.32. The first-order valence-corrected chi connectivity index (χ1v) is 6.51. The van der Waals surface area contributed by atoms with Crippen molar-refractivity contribution in [2.24, 2.45) is 23.7 Å². The number of Topliss-reactive ketones (excluding diaryl/α,β-unsaturated/α-hetero) is 2. The Morgan fingerprint density at radius 1 is 0.750 bits per heavy atom. The van der Waals surface area contributed by atoms with Crippen LogP contribution in [0.5, 0.6) is 0 Å². The van der Waals surface area contributed by atoms with Gasteiger partial charge in [0.25, 0.3) is 0 Å². The lowest BCUT2D eigenvalue weighted by atomic mass is 9.75. The maximum absolute atomic E-state index is 11.8. The van der Waals surface area contributed by atoms with Gasteiger partial charge in [-0.3, -0.25) is 9.59 Å². The van der Waals surface area contributed by atoms with Crippen LogP contribution in [0.3, 0.4) is 0 Å². The molecule has 0 aromatic rings. The molecule has 0 unspecified atom stereocenters. The molecule has 2 nitrogen and oxygen atoms in total. The number of ketones is 2. The Labute approximate surface area is 98.8 Å². The molecule has 0 atom stereocenters. The number of carbonyl (C=O) groups is 2. The number of rotatable bonds is 4. The fraction of sp³-hybridized carbons (Fsp3) is 0.857. The summed E-state index contributed by atoms with van der Waals surface area (Å²) in [6, 6.07) is 0. The van der Waals surface area contributed by atoms with Crippen LogP contribution in [0, 0.1) is 23.7 Å². The molecule has 0 radical (unpaired) electrons. The summed E-state index contributed by atoms with van der Waals surface area (Å²) < 4.78 is 0. The summed E-state index contributed by atoms with van der Waals surface area (Å²) in [5, 5.41) is 0. The molecule has 1 aliphatic carbocycles. The largest absolute Gasteiger partial charge is 0.299 e. The summed E-state index contributed by atoms with van der Waals surface area (Å²) in [6.07, 6.45) is 3.67. The van der Waals surface area contributed by atoms with E-state index in [1.54, 1.807) is 0 Å². The van der Waals surface area contributed by atoms with Crippen molar-refractivity contribution in [1.82, 2.24) is 0 Å². The van der Waals surface area contributed by atoms with Gasteiger partial charge in [-0.05, 0) is 25.7 Å². The first-order valence-electron chi connectivity index (χ1n) is 6.51. The normalized spacial score (nSPS) is 26.1. The van der Waals surface area contributed by atoms with Crippen LogP contribution in [0.25, 0.3) is 0 Å². The lowest BCUT2D eigenvalue weighted by Gasteiger charge is -2.28. The minimum Gasteiger partial charge on any atom is -0.299 e. The quantitative estimate of drug-likeness (QED) is 0.734. The molecule has 0 aromatic heterocycles. The third kappa shape index (κ3) is 3.16. The summed E-state index contributed by atoms with van der Waals surface area (Å²) in [4.78, 5) is 23.6. The highest BCUT2D eigenvalue weighted by molar-refractivity contribution is 5.85. The van der Waals surface area contributed by atoms with Gasteiger partial charge in [0.15, 0.2) is 0 Å². The van der Waals surface area contributed by atoms with Crippen LogP contribution in [-0.4, -0.2) is 11.6 Å².